The summed E-state index contributed by atoms with van der Waals surface area (Å²) < 4.78 is 59.2. The number of fused-ring (bicyclic) bond motifs is 1. The maximum atomic E-state index is 14.2. The van der Waals surface area contributed by atoms with Crippen LogP contribution in [0.4, 0.5) is 17.6 Å². The Bertz CT molecular complexity index is 991. The topological polar surface area (TPSA) is 39.9 Å². The van der Waals surface area contributed by atoms with Crippen molar-refractivity contribution >= 4 is 10.9 Å². The van der Waals surface area contributed by atoms with Crippen LogP contribution in [0.5, 0.6) is 5.88 Å². The summed E-state index contributed by atoms with van der Waals surface area (Å²) in [6, 6.07) is 4.95. The van der Waals surface area contributed by atoms with Gasteiger partial charge in [-0.2, -0.15) is 8.78 Å². The van der Waals surface area contributed by atoms with Crippen molar-refractivity contribution in [3.05, 3.63) is 53.1 Å². The highest BCUT2D eigenvalue weighted by atomic mass is 19.3. The normalized spacial score (nSPS) is 12.3. The lowest BCUT2D eigenvalue weighted by molar-refractivity contribution is -0.0588. The van der Waals surface area contributed by atoms with Crippen molar-refractivity contribution in [3.63, 3.8) is 0 Å². The van der Waals surface area contributed by atoms with E-state index >= 15 is 0 Å². The highest BCUT2D eigenvalue weighted by molar-refractivity contribution is 5.82. The van der Waals surface area contributed by atoms with Crippen LogP contribution in [0.25, 0.3) is 10.9 Å². The first-order valence-corrected chi connectivity index (χ1v) is 9.31. The zero-order valence-electron chi connectivity index (χ0n) is 16.7. The fourth-order valence-corrected chi connectivity index (χ4v) is 3.28. The molecule has 29 heavy (non-hydrogen) atoms. The standard InChI is InChI=1S/C21H23F4N3O/c1-12(2)21(24,25)11-28-8-6-15-17(26-7-5-18(15)28)10-16-13(3)9-19(27-14(16)4)29-20(22)23/h5-9,12,20H,10-11H2,1-4H3. The Morgan fingerprint density at radius 1 is 1.17 bits per heavy atom. The summed E-state index contributed by atoms with van der Waals surface area (Å²) >= 11 is 0. The summed E-state index contributed by atoms with van der Waals surface area (Å²) in [4.78, 5) is 8.51. The van der Waals surface area contributed by atoms with E-state index in [-0.39, 0.29) is 5.88 Å². The lowest BCUT2D eigenvalue weighted by atomic mass is 10.0. The van der Waals surface area contributed by atoms with Crippen molar-refractivity contribution in [2.45, 2.75) is 53.2 Å². The average Bonchev–Trinajstić information content (AvgIpc) is 3.00. The summed E-state index contributed by atoms with van der Waals surface area (Å²) in [5, 5.41) is 0.777. The third kappa shape index (κ3) is 4.52. The number of hydrogen-bond acceptors (Lipinski definition) is 3. The van der Waals surface area contributed by atoms with Gasteiger partial charge in [0.2, 0.25) is 5.88 Å². The fourth-order valence-electron chi connectivity index (χ4n) is 3.28. The Labute approximate surface area is 166 Å². The van der Waals surface area contributed by atoms with Gasteiger partial charge in [0, 0.05) is 41.9 Å². The second-order valence-corrected chi connectivity index (χ2v) is 7.45. The van der Waals surface area contributed by atoms with Crippen LogP contribution in [0.3, 0.4) is 0 Å². The summed E-state index contributed by atoms with van der Waals surface area (Å²) in [6.45, 7) is 3.16. The molecule has 0 fully saturated rings. The number of hydrogen-bond donors (Lipinski definition) is 0. The van der Waals surface area contributed by atoms with Gasteiger partial charge in [-0.1, -0.05) is 13.8 Å². The van der Waals surface area contributed by atoms with Gasteiger partial charge in [0.15, 0.2) is 0 Å². The average molecular weight is 409 g/mol. The molecular weight excluding hydrogens is 386 g/mol. The van der Waals surface area contributed by atoms with E-state index in [1.165, 1.54) is 24.5 Å². The molecule has 156 valence electrons. The molecule has 3 aromatic heterocycles. The van der Waals surface area contributed by atoms with Gasteiger partial charge >= 0.3 is 6.61 Å². The molecule has 0 bridgehead atoms. The summed E-state index contributed by atoms with van der Waals surface area (Å²) in [6.07, 6.45) is 3.64. The maximum absolute atomic E-state index is 14.2. The van der Waals surface area contributed by atoms with E-state index in [0.29, 0.717) is 23.3 Å². The van der Waals surface area contributed by atoms with Crippen LogP contribution in [0.1, 0.15) is 36.4 Å². The second kappa shape index (κ2) is 8.00. The SMILES string of the molecule is Cc1cc(OC(F)F)nc(C)c1Cc1nccc2c1ccn2CC(F)(F)C(C)C. The Balaban J connectivity index is 1.94. The molecular formula is C21H23F4N3O. The molecule has 0 aliphatic rings. The fraction of sp³-hybridized carbons (Fsp3) is 0.429. The van der Waals surface area contributed by atoms with Crippen molar-refractivity contribution < 1.29 is 22.3 Å². The summed E-state index contributed by atoms with van der Waals surface area (Å²) in [5.74, 6) is -3.73. The molecule has 3 heterocycles. The zero-order valence-corrected chi connectivity index (χ0v) is 16.7. The van der Waals surface area contributed by atoms with Gasteiger partial charge in [-0.25, -0.2) is 13.8 Å². The molecule has 0 radical (unpaired) electrons. The largest absolute Gasteiger partial charge is 0.417 e. The van der Waals surface area contributed by atoms with E-state index < -0.39 is 25.0 Å². The highest BCUT2D eigenvalue weighted by Crippen LogP contribution is 2.30. The number of aryl methyl sites for hydroxylation is 2. The summed E-state index contributed by atoms with van der Waals surface area (Å²) in [7, 11) is 0. The van der Waals surface area contributed by atoms with Gasteiger partial charge in [0.25, 0.3) is 5.92 Å². The second-order valence-electron chi connectivity index (χ2n) is 7.45. The minimum Gasteiger partial charge on any atom is -0.417 e. The van der Waals surface area contributed by atoms with Gasteiger partial charge < -0.3 is 9.30 Å². The van der Waals surface area contributed by atoms with Crippen LogP contribution >= 0.6 is 0 Å². The van der Waals surface area contributed by atoms with E-state index in [4.69, 9.17) is 0 Å². The molecule has 0 atom stereocenters. The van der Waals surface area contributed by atoms with Crippen LogP contribution in [-0.4, -0.2) is 27.1 Å². The highest BCUT2D eigenvalue weighted by Gasteiger charge is 2.34. The monoisotopic (exact) mass is 409 g/mol. The quantitative estimate of drug-likeness (QED) is 0.482. The number of nitrogens with zero attached hydrogens (tertiary/aromatic N) is 3. The Kier molecular flexibility index (Phi) is 5.82. The molecule has 3 rings (SSSR count). The van der Waals surface area contributed by atoms with Crippen molar-refractivity contribution in [1.82, 2.24) is 14.5 Å². The Morgan fingerprint density at radius 2 is 1.90 bits per heavy atom. The third-order valence-corrected chi connectivity index (χ3v) is 5.09. The molecule has 0 saturated heterocycles. The van der Waals surface area contributed by atoms with Crippen molar-refractivity contribution in [2.75, 3.05) is 0 Å². The van der Waals surface area contributed by atoms with Crippen molar-refractivity contribution in [2.24, 2.45) is 5.92 Å². The Hall–Kier alpha value is -2.64. The predicted octanol–water partition coefficient (Wildman–Crippen LogP) is 5.53. The van der Waals surface area contributed by atoms with E-state index in [9.17, 15) is 17.6 Å². The van der Waals surface area contributed by atoms with Crippen LogP contribution in [0.2, 0.25) is 0 Å². The first kappa shape index (κ1) is 21.1. The summed E-state index contributed by atoms with van der Waals surface area (Å²) in [5.41, 5.74) is 3.54. The minimum atomic E-state index is -2.94. The molecule has 0 aromatic carbocycles. The number of halogens is 4. The molecule has 0 aliphatic carbocycles. The molecule has 0 saturated carbocycles. The number of pyridine rings is 2. The molecule has 0 spiro atoms. The number of ether oxygens (including phenoxy) is 1. The molecule has 0 amide bonds. The molecule has 0 unspecified atom stereocenters. The first-order chi connectivity index (χ1) is 13.6. The molecule has 0 aliphatic heterocycles. The molecule has 4 nitrogen and oxygen atoms in total. The van der Waals surface area contributed by atoms with Gasteiger partial charge in [0.05, 0.1) is 17.8 Å². The Morgan fingerprint density at radius 3 is 2.52 bits per heavy atom. The predicted molar refractivity (Wildman–Crippen MR) is 103 cm³/mol. The van der Waals surface area contributed by atoms with Crippen LogP contribution in [0.15, 0.2) is 30.6 Å². The minimum absolute atomic E-state index is 0.132. The van der Waals surface area contributed by atoms with Gasteiger partial charge in [0.1, 0.15) is 0 Å². The van der Waals surface area contributed by atoms with Crippen molar-refractivity contribution in [3.8, 4) is 5.88 Å². The lowest BCUT2D eigenvalue weighted by Gasteiger charge is -2.21. The van der Waals surface area contributed by atoms with Crippen LogP contribution < -0.4 is 4.74 Å². The molecule has 3 aromatic rings. The van der Waals surface area contributed by atoms with Crippen molar-refractivity contribution in [1.29, 1.82) is 0 Å². The van der Waals surface area contributed by atoms with Gasteiger partial charge in [-0.3, -0.25) is 4.98 Å². The first-order valence-electron chi connectivity index (χ1n) is 9.31. The number of aromatic nitrogens is 3. The molecule has 8 heteroatoms. The van der Waals surface area contributed by atoms with E-state index in [2.05, 4.69) is 14.7 Å². The van der Waals surface area contributed by atoms with Crippen LogP contribution in [-0.2, 0) is 13.0 Å². The zero-order chi connectivity index (χ0) is 21.3. The van der Waals surface area contributed by atoms with Gasteiger partial charge in [-0.15, -0.1) is 0 Å². The molecule has 0 N–H and O–H groups in total. The van der Waals surface area contributed by atoms with E-state index in [1.54, 1.807) is 38.4 Å². The van der Waals surface area contributed by atoms with Crippen LogP contribution in [0, 0.1) is 19.8 Å². The van der Waals surface area contributed by atoms with E-state index in [1.807, 2.05) is 0 Å². The lowest BCUT2D eigenvalue weighted by Crippen LogP contribution is -2.29. The van der Waals surface area contributed by atoms with Gasteiger partial charge in [-0.05, 0) is 37.1 Å². The number of rotatable bonds is 7. The maximum Gasteiger partial charge on any atom is 0.388 e. The third-order valence-electron chi connectivity index (χ3n) is 5.09. The smallest absolute Gasteiger partial charge is 0.388 e. The van der Waals surface area contributed by atoms with E-state index in [0.717, 1.165) is 16.5 Å². The number of alkyl halides is 4.